The number of carbonyl (C=O) groups excluding carboxylic acids is 2. The summed E-state index contributed by atoms with van der Waals surface area (Å²) in [6.45, 7) is 6.24. The van der Waals surface area contributed by atoms with Crippen molar-refractivity contribution in [1.82, 2.24) is 4.90 Å². The first kappa shape index (κ1) is 23.7. The zero-order chi connectivity index (χ0) is 23.3. The van der Waals surface area contributed by atoms with Crippen molar-refractivity contribution >= 4 is 11.7 Å². The van der Waals surface area contributed by atoms with Gasteiger partial charge in [-0.25, -0.2) is 4.39 Å². The number of carbonyl (C=O) groups is 2. The Morgan fingerprint density at radius 1 is 1.12 bits per heavy atom. The van der Waals surface area contributed by atoms with Crippen molar-refractivity contribution in [2.75, 3.05) is 13.7 Å². The minimum atomic E-state index is -0.530. The van der Waals surface area contributed by atoms with Gasteiger partial charge in [0.15, 0.2) is 5.78 Å². The molecule has 0 spiro atoms. The summed E-state index contributed by atoms with van der Waals surface area (Å²) < 4.78 is 18.7. The van der Waals surface area contributed by atoms with Crippen LogP contribution < -0.4 is 4.74 Å². The Balaban J connectivity index is 1.98. The molecule has 0 aromatic heterocycles. The van der Waals surface area contributed by atoms with Crippen molar-refractivity contribution in [2.24, 2.45) is 11.8 Å². The smallest absolute Gasteiger partial charge is 0.223 e. The average Bonchev–Trinajstić information content (AvgIpc) is 2.77. The van der Waals surface area contributed by atoms with Gasteiger partial charge in [0.2, 0.25) is 5.91 Å². The van der Waals surface area contributed by atoms with Crippen LogP contribution in [0.1, 0.15) is 44.2 Å². The zero-order valence-electron chi connectivity index (χ0n) is 19.3. The highest BCUT2D eigenvalue weighted by Gasteiger charge is 2.36. The van der Waals surface area contributed by atoms with Gasteiger partial charge in [-0.3, -0.25) is 9.59 Å². The molecule has 1 amide bonds. The number of ketones is 1. The van der Waals surface area contributed by atoms with E-state index in [2.05, 4.69) is 0 Å². The van der Waals surface area contributed by atoms with Gasteiger partial charge in [0.05, 0.1) is 13.2 Å². The molecule has 0 saturated heterocycles. The van der Waals surface area contributed by atoms with E-state index >= 15 is 0 Å². The number of rotatable bonds is 6. The number of benzene rings is 2. The van der Waals surface area contributed by atoms with Gasteiger partial charge in [-0.05, 0) is 54.7 Å². The Labute approximate surface area is 190 Å². The molecule has 0 aliphatic carbocycles. The Kier molecular flexibility index (Phi) is 7.84. The molecule has 0 unspecified atom stereocenters. The lowest BCUT2D eigenvalue weighted by molar-refractivity contribution is -0.141. The summed E-state index contributed by atoms with van der Waals surface area (Å²) in [7, 11) is 1.62. The third kappa shape index (κ3) is 5.64. The molecule has 2 aromatic rings. The predicted octanol–water partition coefficient (Wildman–Crippen LogP) is 5.18. The number of allylic oxidation sites excluding steroid dienone is 1. The van der Waals surface area contributed by atoms with Crippen LogP contribution in [0.5, 0.6) is 5.75 Å². The van der Waals surface area contributed by atoms with Crippen LogP contribution in [0.4, 0.5) is 4.39 Å². The van der Waals surface area contributed by atoms with E-state index in [0.717, 1.165) is 16.9 Å². The number of hydrogen-bond acceptors (Lipinski definition) is 3. The zero-order valence-corrected chi connectivity index (χ0v) is 19.3. The van der Waals surface area contributed by atoms with Crippen LogP contribution in [0.3, 0.4) is 0 Å². The summed E-state index contributed by atoms with van der Waals surface area (Å²) in [6, 6.07) is 13.5. The Morgan fingerprint density at radius 2 is 1.78 bits per heavy atom. The second-order valence-corrected chi connectivity index (χ2v) is 8.89. The Morgan fingerprint density at radius 3 is 2.38 bits per heavy atom. The molecule has 0 N–H and O–H groups in total. The first-order chi connectivity index (χ1) is 15.3. The first-order valence-corrected chi connectivity index (χ1v) is 11.2. The molecule has 0 radical (unpaired) electrons. The van der Waals surface area contributed by atoms with E-state index in [1.807, 2.05) is 57.2 Å². The van der Waals surface area contributed by atoms with Crippen molar-refractivity contribution in [3.8, 4) is 5.75 Å². The SMILES string of the molecule is COc1ccc([C@@H]2/C=C\CN(C(=O)CC(C)C)[C@@H](C)C(=O)[C@H]2Cc2ccc(F)cc2)cc1. The van der Waals surface area contributed by atoms with E-state index in [0.29, 0.717) is 19.4 Å². The molecule has 0 bridgehead atoms. The number of ether oxygens (including phenoxy) is 1. The minimum Gasteiger partial charge on any atom is -0.497 e. The van der Waals surface area contributed by atoms with Gasteiger partial charge < -0.3 is 9.64 Å². The average molecular weight is 438 g/mol. The number of Topliss-reactive ketones (excluding diaryl/α,β-unsaturated/α-hetero) is 1. The maximum atomic E-state index is 13.8. The predicted molar refractivity (Wildman–Crippen MR) is 124 cm³/mol. The van der Waals surface area contributed by atoms with Crippen LogP contribution >= 0.6 is 0 Å². The highest BCUT2D eigenvalue weighted by molar-refractivity contribution is 5.91. The van der Waals surface area contributed by atoms with Gasteiger partial charge in [-0.2, -0.15) is 0 Å². The molecule has 0 fully saturated rings. The van der Waals surface area contributed by atoms with E-state index in [9.17, 15) is 14.0 Å². The Hall–Kier alpha value is -2.95. The van der Waals surface area contributed by atoms with Gasteiger partial charge in [-0.15, -0.1) is 0 Å². The molecule has 1 heterocycles. The molecule has 5 heteroatoms. The van der Waals surface area contributed by atoms with Gasteiger partial charge in [0.1, 0.15) is 11.6 Å². The van der Waals surface area contributed by atoms with Crippen LogP contribution in [0.25, 0.3) is 0 Å². The van der Waals surface area contributed by atoms with Crippen molar-refractivity contribution in [3.05, 3.63) is 77.6 Å². The summed E-state index contributed by atoms with van der Waals surface area (Å²) in [4.78, 5) is 28.3. The fourth-order valence-electron chi connectivity index (χ4n) is 4.31. The van der Waals surface area contributed by atoms with Gasteiger partial charge >= 0.3 is 0 Å². The van der Waals surface area contributed by atoms with Crippen molar-refractivity contribution in [1.29, 1.82) is 0 Å². The van der Waals surface area contributed by atoms with Crippen molar-refractivity contribution in [2.45, 2.75) is 45.6 Å². The normalized spacial score (nSPS) is 22.4. The third-order valence-electron chi connectivity index (χ3n) is 6.10. The molecule has 170 valence electrons. The fourth-order valence-corrected chi connectivity index (χ4v) is 4.31. The number of nitrogens with zero attached hydrogens (tertiary/aromatic N) is 1. The minimum absolute atomic E-state index is 0.00562. The molecule has 1 aliphatic heterocycles. The monoisotopic (exact) mass is 437 g/mol. The molecular weight excluding hydrogens is 405 g/mol. The molecular formula is C27H32FNO3. The molecule has 0 saturated carbocycles. The first-order valence-electron chi connectivity index (χ1n) is 11.2. The lowest BCUT2D eigenvalue weighted by Crippen LogP contribution is -2.48. The summed E-state index contributed by atoms with van der Waals surface area (Å²) in [5.74, 6) is 0.164. The maximum Gasteiger partial charge on any atom is 0.223 e. The second-order valence-electron chi connectivity index (χ2n) is 8.89. The number of methoxy groups -OCH3 is 1. The van der Waals surface area contributed by atoms with Crippen LogP contribution in [0.15, 0.2) is 60.7 Å². The van der Waals surface area contributed by atoms with Crippen molar-refractivity contribution in [3.63, 3.8) is 0 Å². The largest absolute Gasteiger partial charge is 0.497 e. The molecule has 2 aromatic carbocycles. The standard InChI is InChI=1S/C27H32FNO3/c1-18(2)16-26(30)29-15-5-6-24(21-9-13-23(32-4)14-10-21)25(27(31)19(29)3)17-20-7-11-22(28)12-8-20/h5-14,18-19,24-25H,15-17H2,1-4H3/b6-5-/t19-,24-,25-/m0/s1. The molecule has 3 rings (SSSR count). The topological polar surface area (TPSA) is 46.6 Å². The van der Waals surface area contributed by atoms with Crippen LogP contribution in [-0.2, 0) is 16.0 Å². The van der Waals surface area contributed by atoms with Crippen LogP contribution in [0, 0.1) is 17.7 Å². The number of halogens is 1. The molecule has 3 atom stereocenters. The lowest BCUT2D eigenvalue weighted by Gasteiger charge is -2.35. The highest BCUT2D eigenvalue weighted by Crippen LogP contribution is 2.34. The summed E-state index contributed by atoms with van der Waals surface area (Å²) in [6.07, 6.45) is 4.91. The fraction of sp³-hybridized carbons (Fsp3) is 0.407. The van der Waals surface area contributed by atoms with Gasteiger partial charge in [-0.1, -0.05) is 50.3 Å². The quantitative estimate of drug-likeness (QED) is 0.585. The lowest BCUT2D eigenvalue weighted by atomic mass is 9.76. The van der Waals surface area contributed by atoms with E-state index in [1.54, 1.807) is 24.1 Å². The second kappa shape index (κ2) is 10.6. The number of amides is 1. The summed E-state index contributed by atoms with van der Waals surface area (Å²) in [5, 5.41) is 0. The number of hydrogen-bond donors (Lipinski definition) is 0. The third-order valence-corrected chi connectivity index (χ3v) is 6.10. The molecule has 4 nitrogen and oxygen atoms in total. The van der Waals surface area contributed by atoms with Gasteiger partial charge in [0.25, 0.3) is 0 Å². The summed E-state index contributed by atoms with van der Waals surface area (Å²) >= 11 is 0. The van der Waals surface area contributed by atoms with Crippen molar-refractivity contribution < 1.29 is 18.7 Å². The highest BCUT2D eigenvalue weighted by atomic mass is 19.1. The van der Waals surface area contributed by atoms with E-state index in [1.165, 1.54) is 12.1 Å². The van der Waals surface area contributed by atoms with Crippen LogP contribution in [0.2, 0.25) is 0 Å². The molecule has 1 aliphatic rings. The van der Waals surface area contributed by atoms with E-state index < -0.39 is 6.04 Å². The molecule has 32 heavy (non-hydrogen) atoms. The van der Waals surface area contributed by atoms with E-state index in [4.69, 9.17) is 4.74 Å². The van der Waals surface area contributed by atoms with Crippen LogP contribution in [-0.4, -0.2) is 36.3 Å². The summed E-state index contributed by atoms with van der Waals surface area (Å²) in [5.41, 5.74) is 1.90. The Bertz CT molecular complexity index is 950. The maximum absolute atomic E-state index is 13.8. The van der Waals surface area contributed by atoms with E-state index in [-0.39, 0.29) is 35.3 Å². The van der Waals surface area contributed by atoms with Gasteiger partial charge in [0, 0.05) is 24.8 Å².